The number of carbonyl (C=O) groups excluding carboxylic acids is 1. The van der Waals surface area contributed by atoms with Gasteiger partial charge in [-0.05, 0) is 64.0 Å². The van der Waals surface area contributed by atoms with Crippen LogP contribution in [0.3, 0.4) is 0 Å². The number of hydrogen-bond donors (Lipinski definition) is 1. The van der Waals surface area contributed by atoms with E-state index in [1.54, 1.807) is 25.5 Å². The minimum Gasteiger partial charge on any atom is -0.381 e. The summed E-state index contributed by atoms with van der Waals surface area (Å²) in [4.78, 5) is 24.0. The lowest BCUT2D eigenvalue weighted by atomic mass is 9.92. The highest BCUT2D eigenvalue weighted by atomic mass is 35.5. The number of nitrogens with one attached hydrogen (secondary N) is 1. The average molecular weight is 645 g/mol. The first kappa shape index (κ1) is 30.6. The number of fused-ring (bicyclic) bond motifs is 4. The van der Waals surface area contributed by atoms with Crippen molar-refractivity contribution in [1.82, 2.24) is 34.8 Å². The second-order valence-corrected chi connectivity index (χ2v) is 13.1. The number of H-pyrrole nitrogens is 1. The normalized spacial score (nSPS) is 16.6. The molecule has 0 atom stereocenters. The van der Waals surface area contributed by atoms with Gasteiger partial charge in [0.2, 0.25) is 5.91 Å². The van der Waals surface area contributed by atoms with Crippen molar-refractivity contribution in [3.05, 3.63) is 58.6 Å². The monoisotopic (exact) mass is 644 g/mol. The highest BCUT2D eigenvalue weighted by Crippen LogP contribution is 2.44. The predicted molar refractivity (Wildman–Crippen MR) is 180 cm³/mol. The Kier molecular flexibility index (Phi) is 7.94. The summed E-state index contributed by atoms with van der Waals surface area (Å²) in [6.45, 7) is 7.16. The minimum atomic E-state index is -0.456. The molecule has 5 heterocycles. The number of rotatable bonds is 7. The highest BCUT2D eigenvalue weighted by Gasteiger charge is 2.34. The zero-order valence-electron chi connectivity index (χ0n) is 26.8. The Bertz CT molecular complexity index is 2000. The fraction of sp³-hybridized carbons (Fsp3) is 0.412. The van der Waals surface area contributed by atoms with Crippen LogP contribution in [0.15, 0.2) is 36.7 Å². The van der Waals surface area contributed by atoms with E-state index in [1.165, 1.54) is 0 Å². The molecule has 12 heteroatoms. The zero-order chi connectivity index (χ0) is 32.3. The maximum absolute atomic E-state index is 17.1. The first-order valence-electron chi connectivity index (χ1n) is 15.7. The summed E-state index contributed by atoms with van der Waals surface area (Å²) >= 11 is 7.04. The van der Waals surface area contributed by atoms with Crippen molar-refractivity contribution in [3.63, 3.8) is 0 Å². The molecule has 46 heavy (non-hydrogen) atoms. The number of methoxy groups -OCH3 is 1. The number of aryl methyl sites for hydroxylation is 1. The largest absolute Gasteiger partial charge is 0.381 e. The molecule has 0 aliphatic carbocycles. The molecule has 0 saturated carbocycles. The number of likely N-dealkylation sites (tertiary alicyclic amines) is 1. The van der Waals surface area contributed by atoms with E-state index in [0.29, 0.717) is 41.7 Å². The minimum absolute atomic E-state index is 0.0226. The third-order valence-corrected chi connectivity index (χ3v) is 10.1. The summed E-state index contributed by atoms with van der Waals surface area (Å²) < 4.78 is 24.2. The van der Waals surface area contributed by atoms with Crippen LogP contribution in [0.25, 0.3) is 43.8 Å². The SMILES string of the molecule is COC/C=C/C(=O)N1CCC(n2ncc3c(N4CC(N(C)C)C4)nc4c(F)c(-c5c(C)c(C)cc6[nH]ncc56)c(Cl)cc4c32)CC1. The number of likely N-dealkylation sites (N-methyl/N-ethyl adjacent to an activating group) is 1. The Labute approximate surface area is 271 Å². The second kappa shape index (κ2) is 11.9. The molecule has 1 N–H and O–H groups in total. The van der Waals surface area contributed by atoms with Crippen LogP contribution in [0.2, 0.25) is 5.02 Å². The van der Waals surface area contributed by atoms with E-state index < -0.39 is 5.82 Å². The molecular weight excluding hydrogens is 607 g/mol. The third-order valence-electron chi connectivity index (χ3n) is 9.75. The Morgan fingerprint density at radius 3 is 2.61 bits per heavy atom. The summed E-state index contributed by atoms with van der Waals surface area (Å²) in [6.07, 6.45) is 8.32. The highest BCUT2D eigenvalue weighted by molar-refractivity contribution is 6.35. The van der Waals surface area contributed by atoms with Crippen molar-refractivity contribution in [3.8, 4) is 11.1 Å². The lowest BCUT2D eigenvalue weighted by molar-refractivity contribution is -0.127. The third kappa shape index (κ3) is 5.01. The molecule has 7 rings (SSSR count). The molecule has 2 saturated heterocycles. The van der Waals surface area contributed by atoms with Gasteiger partial charge >= 0.3 is 0 Å². The smallest absolute Gasteiger partial charge is 0.246 e. The van der Waals surface area contributed by atoms with E-state index >= 15 is 4.39 Å². The van der Waals surface area contributed by atoms with Gasteiger partial charge in [0.1, 0.15) is 11.3 Å². The van der Waals surface area contributed by atoms with Gasteiger partial charge in [-0.3, -0.25) is 14.6 Å². The first-order valence-corrected chi connectivity index (χ1v) is 16.0. The molecule has 0 spiro atoms. The first-order chi connectivity index (χ1) is 22.2. The molecule has 0 unspecified atom stereocenters. The maximum atomic E-state index is 17.1. The summed E-state index contributed by atoms with van der Waals surface area (Å²) in [5.41, 5.74) is 4.91. The van der Waals surface area contributed by atoms with Gasteiger partial charge in [0.15, 0.2) is 5.82 Å². The molecule has 2 aliphatic heterocycles. The Morgan fingerprint density at radius 2 is 1.89 bits per heavy atom. The van der Waals surface area contributed by atoms with E-state index in [9.17, 15) is 4.79 Å². The van der Waals surface area contributed by atoms with Crippen LogP contribution in [0, 0.1) is 19.7 Å². The van der Waals surface area contributed by atoms with Gasteiger partial charge in [-0.2, -0.15) is 10.2 Å². The Hall–Kier alpha value is -4.06. The molecular formula is C34H38ClFN8O2. The van der Waals surface area contributed by atoms with Crippen LogP contribution in [0.5, 0.6) is 0 Å². The van der Waals surface area contributed by atoms with Crippen LogP contribution in [-0.2, 0) is 9.53 Å². The molecule has 0 bridgehead atoms. The standard InChI is InChI=1S/C34H38ClFN8O2/c1-19-13-27-24(15-37-40-27)29(20(19)2)30-26(35)14-23-32(31(30)36)39-34(43-17-22(18-43)41(3)4)25-16-38-44(33(23)25)21-8-10-42(11-9-21)28(45)7-6-12-46-5/h6-7,13-16,21-22H,8-12,17-18H2,1-5H3,(H,37,40)/b7-6+. The quantitative estimate of drug-likeness (QED) is 0.229. The van der Waals surface area contributed by atoms with Crippen molar-refractivity contribution >= 4 is 56.0 Å². The number of aromatic amines is 1. The molecule has 10 nitrogen and oxygen atoms in total. The zero-order valence-corrected chi connectivity index (χ0v) is 27.5. The van der Waals surface area contributed by atoms with Crippen molar-refractivity contribution in [2.45, 2.75) is 38.8 Å². The topological polar surface area (TPSA) is 95.4 Å². The molecule has 2 fully saturated rings. The van der Waals surface area contributed by atoms with Gasteiger partial charge in [0.05, 0.1) is 46.5 Å². The van der Waals surface area contributed by atoms with Crippen molar-refractivity contribution < 1.29 is 13.9 Å². The number of anilines is 1. The average Bonchev–Trinajstić information content (AvgIpc) is 3.66. The number of benzene rings is 2. The molecule has 2 aliphatic rings. The van der Waals surface area contributed by atoms with Crippen molar-refractivity contribution in [2.24, 2.45) is 0 Å². The number of hydrogen-bond acceptors (Lipinski definition) is 7. The molecule has 5 aromatic rings. The van der Waals surface area contributed by atoms with Crippen LogP contribution in [-0.4, -0.2) is 101 Å². The van der Waals surface area contributed by atoms with E-state index in [4.69, 9.17) is 26.4 Å². The number of pyridine rings is 1. The maximum Gasteiger partial charge on any atom is 0.246 e. The van der Waals surface area contributed by atoms with E-state index in [-0.39, 0.29) is 17.5 Å². The molecule has 2 aromatic carbocycles. The number of ether oxygens (including phenoxy) is 1. The van der Waals surface area contributed by atoms with Crippen LogP contribution in [0.4, 0.5) is 10.2 Å². The van der Waals surface area contributed by atoms with Gasteiger partial charge in [0, 0.05) is 67.3 Å². The van der Waals surface area contributed by atoms with E-state index in [0.717, 1.165) is 70.2 Å². The Balaban J connectivity index is 1.37. The fourth-order valence-electron chi connectivity index (χ4n) is 6.89. The molecule has 240 valence electrons. The number of aromatic nitrogens is 5. The number of carbonyl (C=O) groups is 1. The van der Waals surface area contributed by atoms with Gasteiger partial charge in [-0.25, -0.2) is 9.37 Å². The van der Waals surface area contributed by atoms with Crippen LogP contribution < -0.4 is 4.90 Å². The number of amides is 1. The van der Waals surface area contributed by atoms with Crippen LogP contribution in [0.1, 0.15) is 30.0 Å². The molecule has 0 radical (unpaired) electrons. The van der Waals surface area contributed by atoms with E-state index in [2.05, 4.69) is 34.1 Å². The fourth-order valence-corrected chi connectivity index (χ4v) is 7.18. The second-order valence-electron chi connectivity index (χ2n) is 12.7. The summed E-state index contributed by atoms with van der Waals surface area (Å²) in [5.74, 6) is 0.248. The number of piperidine rings is 1. The molecule has 1 amide bonds. The van der Waals surface area contributed by atoms with Gasteiger partial charge in [-0.1, -0.05) is 17.7 Å². The van der Waals surface area contributed by atoms with Gasteiger partial charge < -0.3 is 19.4 Å². The number of nitrogens with zero attached hydrogens (tertiary/aromatic N) is 7. The summed E-state index contributed by atoms with van der Waals surface area (Å²) in [6, 6.07) is 4.28. The van der Waals surface area contributed by atoms with Crippen molar-refractivity contribution in [2.75, 3.05) is 58.9 Å². The predicted octanol–water partition coefficient (Wildman–Crippen LogP) is 5.65. The summed E-state index contributed by atoms with van der Waals surface area (Å²) in [5, 5.41) is 14.8. The van der Waals surface area contributed by atoms with Gasteiger partial charge in [-0.15, -0.1) is 0 Å². The lowest BCUT2D eigenvalue weighted by Crippen LogP contribution is -2.57. The number of halogens is 2. The van der Waals surface area contributed by atoms with Crippen molar-refractivity contribution in [1.29, 1.82) is 0 Å². The summed E-state index contributed by atoms with van der Waals surface area (Å²) in [7, 11) is 5.74. The van der Waals surface area contributed by atoms with Crippen LogP contribution >= 0.6 is 11.6 Å². The lowest BCUT2D eigenvalue weighted by Gasteiger charge is -2.43. The Morgan fingerprint density at radius 1 is 1.13 bits per heavy atom. The van der Waals surface area contributed by atoms with Gasteiger partial charge in [0.25, 0.3) is 0 Å². The van der Waals surface area contributed by atoms with E-state index in [1.807, 2.05) is 41.8 Å². The molecule has 3 aromatic heterocycles.